The maximum Gasteiger partial charge on any atom is 0.108 e. The minimum atomic E-state index is 0.672. The Morgan fingerprint density at radius 2 is 1.92 bits per heavy atom. The van der Waals surface area contributed by atoms with Gasteiger partial charge in [-0.2, -0.15) is 0 Å². The second kappa shape index (κ2) is 5.16. The molecule has 0 saturated carbocycles. The van der Waals surface area contributed by atoms with E-state index in [-0.39, 0.29) is 0 Å². The lowest BCUT2D eigenvalue weighted by atomic mass is 9.37. The topological polar surface area (TPSA) is 0 Å². The van der Waals surface area contributed by atoms with E-state index in [1.54, 1.807) is 0 Å². The van der Waals surface area contributed by atoms with Crippen LogP contribution in [0.25, 0.3) is 0 Å². The third-order valence-corrected chi connectivity index (χ3v) is 2.34. The highest BCUT2D eigenvalue weighted by atomic mass is 14.1. The molecule has 1 aromatic rings. The molecule has 0 amide bonds. The van der Waals surface area contributed by atoms with Crippen molar-refractivity contribution in [3.63, 3.8) is 0 Å². The van der Waals surface area contributed by atoms with Crippen molar-refractivity contribution in [3.05, 3.63) is 29.8 Å². The van der Waals surface area contributed by atoms with E-state index >= 15 is 0 Å². The van der Waals surface area contributed by atoms with Gasteiger partial charge in [0.2, 0.25) is 0 Å². The van der Waals surface area contributed by atoms with Crippen LogP contribution < -0.4 is 5.46 Å². The van der Waals surface area contributed by atoms with Crippen LogP contribution in [0.4, 0.5) is 0 Å². The fraction of sp³-hybridized carbons (Fsp3) is 0.455. The molecule has 0 saturated heterocycles. The Hall–Kier alpha value is -0.650. The SMILES string of the molecule is CC.CCC1[B][B]c2ccccc21. The van der Waals surface area contributed by atoms with Gasteiger partial charge in [0, 0.05) is 0 Å². The van der Waals surface area contributed by atoms with Crippen LogP contribution in [-0.2, 0) is 0 Å². The Morgan fingerprint density at radius 3 is 2.62 bits per heavy atom. The third-order valence-electron chi connectivity index (χ3n) is 2.34. The van der Waals surface area contributed by atoms with Crippen LogP contribution in [0.5, 0.6) is 0 Å². The fourth-order valence-electron chi connectivity index (χ4n) is 1.68. The molecule has 0 spiro atoms. The summed E-state index contributed by atoms with van der Waals surface area (Å²) in [6, 6.07) is 8.63. The van der Waals surface area contributed by atoms with Gasteiger partial charge in [-0.1, -0.05) is 68.3 Å². The Morgan fingerprint density at radius 1 is 1.23 bits per heavy atom. The first-order valence-electron chi connectivity index (χ1n) is 5.19. The first-order chi connectivity index (χ1) is 6.42. The molecule has 1 unspecified atom stereocenters. The van der Waals surface area contributed by atoms with Gasteiger partial charge < -0.3 is 0 Å². The lowest BCUT2D eigenvalue weighted by molar-refractivity contribution is 0.889. The Labute approximate surface area is 83.2 Å². The van der Waals surface area contributed by atoms with Gasteiger partial charge in [0.25, 0.3) is 0 Å². The van der Waals surface area contributed by atoms with Crippen molar-refractivity contribution >= 4 is 19.8 Å². The summed E-state index contributed by atoms with van der Waals surface area (Å²) >= 11 is 0. The quantitative estimate of drug-likeness (QED) is 0.566. The molecule has 0 bridgehead atoms. The largest absolute Gasteiger partial charge is 0.108 e. The van der Waals surface area contributed by atoms with Crippen LogP contribution in [0.3, 0.4) is 0 Å². The summed E-state index contributed by atoms with van der Waals surface area (Å²) in [7, 11) is 4.52. The van der Waals surface area contributed by atoms with Gasteiger partial charge in [-0.25, -0.2) is 0 Å². The van der Waals surface area contributed by atoms with Gasteiger partial charge >= 0.3 is 0 Å². The summed E-state index contributed by atoms with van der Waals surface area (Å²) in [5.41, 5.74) is 2.90. The molecule has 2 rings (SSSR count). The van der Waals surface area contributed by atoms with Crippen LogP contribution in [0.15, 0.2) is 24.3 Å². The molecule has 0 fully saturated rings. The average molecular weight is 170 g/mol. The van der Waals surface area contributed by atoms with E-state index in [0.29, 0.717) is 5.82 Å². The van der Waals surface area contributed by atoms with Crippen LogP contribution in [-0.4, -0.2) is 14.3 Å². The zero-order valence-electron chi connectivity index (χ0n) is 8.75. The molecule has 2 heteroatoms. The monoisotopic (exact) mass is 170 g/mol. The van der Waals surface area contributed by atoms with Crippen molar-refractivity contribution in [3.8, 4) is 0 Å². The molecule has 1 aliphatic rings. The Balaban J connectivity index is 0.000000396. The van der Waals surface area contributed by atoms with Crippen molar-refractivity contribution in [2.45, 2.75) is 33.0 Å². The summed E-state index contributed by atoms with van der Waals surface area (Å²) in [4.78, 5) is 0. The molecule has 1 heterocycles. The van der Waals surface area contributed by atoms with E-state index in [9.17, 15) is 0 Å². The van der Waals surface area contributed by atoms with Crippen molar-refractivity contribution < 1.29 is 0 Å². The first-order valence-corrected chi connectivity index (χ1v) is 5.19. The second-order valence-electron chi connectivity index (χ2n) is 3.00. The van der Waals surface area contributed by atoms with Crippen LogP contribution in [0.1, 0.15) is 38.6 Å². The van der Waals surface area contributed by atoms with Gasteiger partial charge in [0.15, 0.2) is 0 Å². The second-order valence-corrected chi connectivity index (χ2v) is 3.00. The highest BCUT2D eigenvalue weighted by molar-refractivity contribution is 7.09. The lowest BCUT2D eigenvalue weighted by Gasteiger charge is -2.07. The highest BCUT2D eigenvalue weighted by Gasteiger charge is 2.20. The molecule has 1 aliphatic heterocycles. The van der Waals surface area contributed by atoms with E-state index in [4.69, 9.17) is 0 Å². The smallest absolute Gasteiger partial charge is 0.0945 e. The third kappa shape index (κ3) is 2.18. The molecule has 1 aromatic carbocycles. The molecule has 0 N–H and O–H groups in total. The Bertz CT molecular complexity index is 258. The highest BCUT2D eigenvalue weighted by Crippen LogP contribution is 2.19. The molecule has 2 radical (unpaired) electrons. The predicted molar refractivity (Wildman–Crippen MR) is 62.0 cm³/mol. The van der Waals surface area contributed by atoms with Crippen LogP contribution in [0.2, 0.25) is 0 Å². The van der Waals surface area contributed by atoms with Crippen LogP contribution >= 0.6 is 0 Å². The van der Waals surface area contributed by atoms with E-state index in [0.717, 1.165) is 0 Å². The molecule has 0 aliphatic carbocycles. The molecular formula is C11H16B2. The van der Waals surface area contributed by atoms with E-state index in [2.05, 4.69) is 45.5 Å². The summed E-state index contributed by atoms with van der Waals surface area (Å²) < 4.78 is 0. The fourth-order valence-corrected chi connectivity index (χ4v) is 1.68. The zero-order chi connectivity index (χ0) is 9.68. The van der Waals surface area contributed by atoms with Gasteiger partial charge in [-0.05, 0) is 0 Å². The molecule has 1 atom stereocenters. The maximum absolute atomic E-state index is 2.30. The Kier molecular flexibility index (Phi) is 4.14. The van der Waals surface area contributed by atoms with Crippen LogP contribution in [0, 0.1) is 0 Å². The maximum atomic E-state index is 2.30. The average Bonchev–Trinajstić information content (AvgIpc) is 2.64. The number of hydrogen-bond acceptors (Lipinski definition) is 0. The predicted octanol–water partition coefficient (Wildman–Crippen LogP) is 2.13. The van der Waals surface area contributed by atoms with Crippen molar-refractivity contribution in [2.75, 3.05) is 0 Å². The van der Waals surface area contributed by atoms with Crippen molar-refractivity contribution in [2.24, 2.45) is 0 Å². The van der Waals surface area contributed by atoms with E-state index in [1.807, 2.05) is 13.8 Å². The minimum Gasteiger partial charge on any atom is -0.0945 e. The van der Waals surface area contributed by atoms with Gasteiger partial charge in [0.1, 0.15) is 7.17 Å². The zero-order valence-corrected chi connectivity index (χ0v) is 8.75. The summed E-state index contributed by atoms with van der Waals surface area (Å²) in [6.45, 7) is 6.23. The summed E-state index contributed by atoms with van der Waals surface area (Å²) in [5.74, 6) is 0.672. The summed E-state index contributed by atoms with van der Waals surface area (Å²) in [5, 5.41) is 0. The lowest BCUT2D eigenvalue weighted by Crippen LogP contribution is -2.12. The van der Waals surface area contributed by atoms with E-state index in [1.165, 1.54) is 17.4 Å². The molecule has 0 aromatic heterocycles. The van der Waals surface area contributed by atoms with Crippen molar-refractivity contribution in [1.29, 1.82) is 0 Å². The van der Waals surface area contributed by atoms with E-state index < -0.39 is 0 Å². The minimum absolute atomic E-state index is 0.672. The van der Waals surface area contributed by atoms with Gasteiger partial charge in [-0.3, -0.25) is 0 Å². The first kappa shape index (κ1) is 10.4. The summed E-state index contributed by atoms with van der Waals surface area (Å²) in [6.07, 6.45) is 1.22. The number of rotatable bonds is 1. The molecule has 66 valence electrons. The molecule has 13 heavy (non-hydrogen) atoms. The number of fused-ring (bicyclic) bond motifs is 1. The van der Waals surface area contributed by atoms with Gasteiger partial charge in [-0.15, -0.1) is 0 Å². The molecule has 0 nitrogen and oxygen atoms in total. The number of hydrogen-bond donors (Lipinski definition) is 0. The normalized spacial score (nSPS) is 17.6. The standard InChI is InChI=1S/C9H10B2.C2H6/c1-2-8-7-5-3-4-6-9(7)11-10-8;1-2/h3-6,8H,2H2,1H3;1-2H3. The van der Waals surface area contributed by atoms with Crippen molar-refractivity contribution in [1.82, 2.24) is 0 Å². The molecular weight excluding hydrogens is 154 g/mol. The van der Waals surface area contributed by atoms with Gasteiger partial charge in [0.05, 0.1) is 7.17 Å². The number of benzene rings is 1.